The maximum absolute atomic E-state index is 12.1. The summed E-state index contributed by atoms with van der Waals surface area (Å²) >= 11 is 6.01. The molecule has 2 aromatic carbocycles. The van der Waals surface area contributed by atoms with E-state index in [1.807, 2.05) is 49.4 Å². The smallest absolute Gasteiger partial charge is 0.167 e. The molecular formula is C15H13ClO. The summed E-state index contributed by atoms with van der Waals surface area (Å²) in [6.45, 7) is 1.88. The molecule has 0 fully saturated rings. The highest BCUT2D eigenvalue weighted by molar-refractivity contribution is 6.31. The van der Waals surface area contributed by atoms with Crippen LogP contribution in [-0.2, 0) is 6.42 Å². The predicted octanol–water partition coefficient (Wildman–Crippen LogP) is 4.07. The van der Waals surface area contributed by atoms with Crippen molar-refractivity contribution in [2.75, 3.05) is 0 Å². The van der Waals surface area contributed by atoms with Gasteiger partial charge in [0, 0.05) is 17.0 Å². The summed E-state index contributed by atoms with van der Waals surface area (Å²) in [5.74, 6) is 0.108. The molecule has 2 aromatic rings. The Labute approximate surface area is 106 Å². The van der Waals surface area contributed by atoms with Gasteiger partial charge in [-0.1, -0.05) is 54.1 Å². The van der Waals surface area contributed by atoms with Crippen LogP contribution in [0.3, 0.4) is 0 Å². The van der Waals surface area contributed by atoms with Crippen LogP contribution in [0.2, 0.25) is 5.02 Å². The average molecular weight is 245 g/mol. The molecule has 0 atom stereocenters. The molecule has 0 unspecified atom stereocenters. The van der Waals surface area contributed by atoms with Crippen LogP contribution in [0.25, 0.3) is 0 Å². The van der Waals surface area contributed by atoms with Gasteiger partial charge in [-0.05, 0) is 24.1 Å². The highest BCUT2D eigenvalue weighted by Gasteiger charge is 2.11. The normalized spacial score (nSPS) is 10.2. The SMILES string of the molecule is Cc1c(Cl)cccc1C(=O)Cc1ccccc1. The lowest BCUT2D eigenvalue weighted by Gasteiger charge is -2.06. The molecule has 1 nitrogen and oxygen atoms in total. The number of ketones is 1. The Morgan fingerprint density at radius 1 is 1.06 bits per heavy atom. The minimum absolute atomic E-state index is 0.108. The zero-order valence-corrected chi connectivity index (χ0v) is 10.4. The first kappa shape index (κ1) is 11.9. The summed E-state index contributed by atoms with van der Waals surface area (Å²) in [6, 6.07) is 15.2. The summed E-state index contributed by atoms with van der Waals surface area (Å²) in [7, 11) is 0. The van der Waals surface area contributed by atoms with E-state index in [1.54, 1.807) is 6.07 Å². The molecule has 0 heterocycles. The molecule has 2 rings (SSSR count). The van der Waals surface area contributed by atoms with Crippen LogP contribution in [0.4, 0.5) is 0 Å². The Hall–Kier alpha value is -1.60. The maximum Gasteiger partial charge on any atom is 0.167 e. The summed E-state index contributed by atoms with van der Waals surface area (Å²) < 4.78 is 0. The second-order valence-corrected chi connectivity index (χ2v) is 4.41. The minimum atomic E-state index is 0.108. The first-order valence-electron chi connectivity index (χ1n) is 5.50. The van der Waals surface area contributed by atoms with Crippen LogP contribution < -0.4 is 0 Å². The zero-order valence-electron chi connectivity index (χ0n) is 9.61. The number of halogens is 1. The standard InChI is InChI=1S/C15H13ClO/c1-11-13(8-5-9-14(11)16)15(17)10-12-6-3-2-4-7-12/h2-9H,10H2,1H3. The minimum Gasteiger partial charge on any atom is -0.294 e. The summed E-state index contributed by atoms with van der Waals surface area (Å²) in [5.41, 5.74) is 2.59. The molecule has 0 spiro atoms. The number of Topliss-reactive ketones (excluding diaryl/α,β-unsaturated/α-hetero) is 1. The van der Waals surface area contributed by atoms with Crippen LogP contribution >= 0.6 is 11.6 Å². The molecule has 0 saturated carbocycles. The number of carbonyl (C=O) groups excluding carboxylic acids is 1. The lowest BCUT2D eigenvalue weighted by molar-refractivity contribution is 0.0992. The van der Waals surface area contributed by atoms with Gasteiger partial charge in [0.15, 0.2) is 5.78 Å². The highest BCUT2D eigenvalue weighted by atomic mass is 35.5. The van der Waals surface area contributed by atoms with Crippen LogP contribution in [0.1, 0.15) is 21.5 Å². The maximum atomic E-state index is 12.1. The van der Waals surface area contributed by atoms with Gasteiger partial charge in [-0.3, -0.25) is 4.79 Å². The van der Waals surface area contributed by atoms with E-state index >= 15 is 0 Å². The lowest BCUT2D eigenvalue weighted by Crippen LogP contribution is -2.05. The molecule has 86 valence electrons. The van der Waals surface area contributed by atoms with Gasteiger partial charge in [0.2, 0.25) is 0 Å². The Balaban J connectivity index is 2.24. The Bertz CT molecular complexity index is 532. The van der Waals surface area contributed by atoms with Gasteiger partial charge in [0.1, 0.15) is 0 Å². The van der Waals surface area contributed by atoms with E-state index in [1.165, 1.54) is 0 Å². The van der Waals surface area contributed by atoms with Crippen molar-refractivity contribution in [2.45, 2.75) is 13.3 Å². The first-order chi connectivity index (χ1) is 8.18. The van der Waals surface area contributed by atoms with E-state index in [0.717, 1.165) is 11.1 Å². The largest absolute Gasteiger partial charge is 0.294 e. The molecule has 0 aromatic heterocycles. The fourth-order valence-corrected chi connectivity index (χ4v) is 1.96. The summed E-state index contributed by atoms with van der Waals surface area (Å²) in [6.07, 6.45) is 0.419. The number of benzene rings is 2. The van der Waals surface area contributed by atoms with Crippen molar-refractivity contribution >= 4 is 17.4 Å². The van der Waals surface area contributed by atoms with E-state index in [0.29, 0.717) is 17.0 Å². The van der Waals surface area contributed by atoms with Crippen LogP contribution in [0, 0.1) is 6.92 Å². The highest BCUT2D eigenvalue weighted by Crippen LogP contribution is 2.20. The molecule has 0 bridgehead atoms. The summed E-state index contributed by atoms with van der Waals surface area (Å²) in [4.78, 5) is 12.1. The van der Waals surface area contributed by atoms with E-state index < -0.39 is 0 Å². The third-order valence-corrected chi connectivity index (χ3v) is 3.19. The molecule has 0 saturated heterocycles. The molecule has 0 N–H and O–H groups in total. The predicted molar refractivity (Wildman–Crippen MR) is 70.7 cm³/mol. The van der Waals surface area contributed by atoms with Crippen molar-refractivity contribution in [1.29, 1.82) is 0 Å². The van der Waals surface area contributed by atoms with E-state index in [4.69, 9.17) is 11.6 Å². The van der Waals surface area contributed by atoms with E-state index in [-0.39, 0.29) is 5.78 Å². The molecule has 0 aliphatic heterocycles. The number of rotatable bonds is 3. The van der Waals surface area contributed by atoms with Crippen molar-refractivity contribution in [3.8, 4) is 0 Å². The van der Waals surface area contributed by atoms with Crippen molar-refractivity contribution in [1.82, 2.24) is 0 Å². The van der Waals surface area contributed by atoms with Gasteiger partial charge in [-0.15, -0.1) is 0 Å². The van der Waals surface area contributed by atoms with Gasteiger partial charge in [0.05, 0.1) is 0 Å². The number of carbonyl (C=O) groups is 1. The third-order valence-electron chi connectivity index (χ3n) is 2.78. The fraction of sp³-hybridized carbons (Fsp3) is 0.133. The van der Waals surface area contributed by atoms with Gasteiger partial charge < -0.3 is 0 Å². The van der Waals surface area contributed by atoms with Crippen molar-refractivity contribution < 1.29 is 4.79 Å². The topological polar surface area (TPSA) is 17.1 Å². The Kier molecular flexibility index (Phi) is 3.60. The fourth-order valence-electron chi connectivity index (χ4n) is 1.79. The Morgan fingerprint density at radius 2 is 1.76 bits per heavy atom. The lowest BCUT2D eigenvalue weighted by atomic mass is 9.99. The summed E-state index contributed by atoms with van der Waals surface area (Å²) in [5, 5.41) is 0.643. The quantitative estimate of drug-likeness (QED) is 0.744. The second kappa shape index (κ2) is 5.15. The monoisotopic (exact) mass is 244 g/mol. The molecule has 2 heteroatoms. The van der Waals surface area contributed by atoms with Gasteiger partial charge in [-0.25, -0.2) is 0 Å². The van der Waals surface area contributed by atoms with E-state index in [9.17, 15) is 4.79 Å². The molecule has 0 aliphatic rings. The van der Waals surface area contributed by atoms with Gasteiger partial charge >= 0.3 is 0 Å². The number of hydrogen-bond acceptors (Lipinski definition) is 1. The average Bonchev–Trinajstić information content (AvgIpc) is 2.34. The molecule has 0 amide bonds. The van der Waals surface area contributed by atoms with Crippen molar-refractivity contribution in [2.24, 2.45) is 0 Å². The first-order valence-corrected chi connectivity index (χ1v) is 5.88. The van der Waals surface area contributed by atoms with Crippen LogP contribution in [-0.4, -0.2) is 5.78 Å². The molecule has 0 aliphatic carbocycles. The van der Waals surface area contributed by atoms with Crippen LogP contribution in [0.15, 0.2) is 48.5 Å². The van der Waals surface area contributed by atoms with Gasteiger partial charge in [0.25, 0.3) is 0 Å². The molecule has 0 radical (unpaired) electrons. The van der Waals surface area contributed by atoms with Gasteiger partial charge in [-0.2, -0.15) is 0 Å². The van der Waals surface area contributed by atoms with Crippen molar-refractivity contribution in [3.63, 3.8) is 0 Å². The van der Waals surface area contributed by atoms with Crippen LogP contribution in [0.5, 0.6) is 0 Å². The molecular weight excluding hydrogens is 232 g/mol. The third kappa shape index (κ3) is 2.75. The second-order valence-electron chi connectivity index (χ2n) is 4.00. The Morgan fingerprint density at radius 3 is 2.47 bits per heavy atom. The van der Waals surface area contributed by atoms with E-state index in [2.05, 4.69) is 0 Å². The zero-order chi connectivity index (χ0) is 12.3. The van der Waals surface area contributed by atoms with Crippen molar-refractivity contribution in [3.05, 3.63) is 70.2 Å². The number of hydrogen-bond donors (Lipinski definition) is 0. The molecule has 17 heavy (non-hydrogen) atoms.